The number of rotatable bonds is 6. The minimum absolute atomic E-state index is 0.648. The van der Waals surface area contributed by atoms with Gasteiger partial charge < -0.3 is 9.47 Å². The lowest BCUT2D eigenvalue weighted by Gasteiger charge is -2.10. The number of aromatic nitrogens is 3. The molecule has 4 rings (SSSR count). The number of H-pyrrole nitrogens is 1. The molecular weight excluding hydrogens is 398 g/mol. The zero-order valence-corrected chi connectivity index (χ0v) is 19.3. The number of nitrogens with one attached hydrogen (secondary N) is 1. The third-order valence-corrected chi connectivity index (χ3v) is 5.16. The third-order valence-electron chi connectivity index (χ3n) is 5.16. The van der Waals surface area contributed by atoms with E-state index in [1.165, 1.54) is 16.7 Å². The van der Waals surface area contributed by atoms with Crippen LogP contribution in [0.15, 0.2) is 66.6 Å². The smallest absolute Gasteiger partial charge is 0.138 e. The Labute approximate surface area is 191 Å². The van der Waals surface area contributed by atoms with Crippen molar-refractivity contribution >= 4 is 11.6 Å². The van der Waals surface area contributed by atoms with Gasteiger partial charge >= 0.3 is 0 Å². The van der Waals surface area contributed by atoms with Gasteiger partial charge in [-0.25, -0.2) is 0 Å². The number of hydrogen-bond acceptors (Lipinski definition) is 4. The molecule has 0 radical (unpaired) electrons. The number of hydrogen-bond donors (Lipinski definition) is 1. The van der Waals surface area contributed by atoms with E-state index >= 15 is 0 Å². The highest BCUT2D eigenvalue weighted by molar-refractivity contribution is 5.83. The molecule has 0 atom stereocenters. The first-order valence-electron chi connectivity index (χ1n) is 11.3. The zero-order valence-electron chi connectivity index (χ0n) is 19.3. The molecular formula is C27H33N3O2. The fourth-order valence-corrected chi connectivity index (χ4v) is 3.48. The number of fused-ring (bicyclic) bond motifs is 1. The summed E-state index contributed by atoms with van der Waals surface area (Å²) in [5.74, 6) is 0.811. The minimum Gasteiger partial charge on any atom is -0.492 e. The van der Waals surface area contributed by atoms with Gasteiger partial charge in [0, 0.05) is 30.5 Å². The normalized spacial score (nSPS) is 16.5. The molecule has 5 nitrogen and oxygen atoms in total. The van der Waals surface area contributed by atoms with Crippen molar-refractivity contribution < 1.29 is 9.47 Å². The number of nitrogens with zero attached hydrogens (tertiary/aromatic N) is 2. The summed E-state index contributed by atoms with van der Waals surface area (Å²) in [6.07, 6.45) is 23.4. The minimum atomic E-state index is 0.648. The van der Waals surface area contributed by atoms with E-state index in [4.69, 9.17) is 9.47 Å². The molecule has 0 spiro atoms. The molecule has 0 aliphatic heterocycles. The van der Waals surface area contributed by atoms with Gasteiger partial charge in [0.25, 0.3) is 0 Å². The number of allylic oxidation sites excluding steroid dienone is 8. The first-order chi connectivity index (χ1) is 15.7. The van der Waals surface area contributed by atoms with Crippen LogP contribution in [0, 0.1) is 6.92 Å². The predicted octanol–water partition coefficient (Wildman–Crippen LogP) is 6.02. The molecule has 5 heteroatoms. The highest BCUT2D eigenvalue weighted by atomic mass is 16.5. The van der Waals surface area contributed by atoms with Crippen molar-refractivity contribution in [1.82, 2.24) is 15.2 Å². The molecule has 0 amide bonds. The Morgan fingerprint density at radius 3 is 2.69 bits per heavy atom. The van der Waals surface area contributed by atoms with E-state index in [-0.39, 0.29) is 0 Å². The Morgan fingerprint density at radius 2 is 1.84 bits per heavy atom. The largest absolute Gasteiger partial charge is 0.492 e. The quantitative estimate of drug-likeness (QED) is 0.568. The molecule has 1 N–H and O–H groups in total. The van der Waals surface area contributed by atoms with Crippen molar-refractivity contribution in [3.05, 3.63) is 89.1 Å². The van der Waals surface area contributed by atoms with Crippen molar-refractivity contribution in [3.8, 4) is 5.75 Å². The molecule has 0 unspecified atom stereocenters. The molecule has 2 heterocycles. The fraction of sp³-hybridized carbons (Fsp3) is 0.333. The molecule has 0 fully saturated rings. The van der Waals surface area contributed by atoms with Crippen molar-refractivity contribution in [2.75, 3.05) is 19.8 Å². The van der Waals surface area contributed by atoms with Crippen molar-refractivity contribution in [2.45, 2.75) is 40.0 Å². The first-order valence-corrected chi connectivity index (χ1v) is 11.3. The first kappa shape index (κ1) is 23.5. The fourth-order valence-electron chi connectivity index (χ4n) is 3.48. The summed E-state index contributed by atoms with van der Waals surface area (Å²) < 4.78 is 10.8. The second-order valence-electron chi connectivity index (χ2n) is 7.58. The molecule has 32 heavy (non-hydrogen) atoms. The van der Waals surface area contributed by atoms with Gasteiger partial charge in [-0.3, -0.25) is 10.1 Å². The van der Waals surface area contributed by atoms with Crippen LogP contribution in [-0.4, -0.2) is 35.0 Å². The highest BCUT2D eigenvalue weighted by Gasteiger charge is 2.12. The molecule has 0 bridgehead atoms. The summed E-state index contributed by atoms with van der Waals surface area (Å²) in [5.41, 5.74) is 7.06. The maximum absolute atomic E-state index is 5.55. The standard InChI is InChI=1S/C17H19N3O.C10H14O/c1-3-21-15-8-14(10-18-11-15)13-6-4-5-7-17-16(9-13)12(2)19-20-17;1-2-11-9-10-7-5-3-4-6-8-10/h4-5,8-11H,3,6-7H2,1-2H3,(H,19,20);3-7H,2,8-9H2,1H3/b5-4?,13-9+;. The Balaban J connectivity index is 0.000000222. The summed E-state index contributed by atoms with van der Waals surface area (Å²) in [4.78, 5) is 4.29. The summed E-state index contributed by atoms with van der Waals surface area (Å²) >= 11 is 0. The van der Waals surface area contributed by atoms with E-state index in [0.29, 0.717) is 6.61 Å². The maximum atomic E-state index is 5.55. The lowest BCUT2D eigenvalue weighted by molar-refractivity contribution is 0.170. The second kappa shape index (κ2) is 12.6. The average molecular weight is 432 g/mol. The van der Waals surface area contributed by atoms with E-state index in [0.717, 1.165) is 55.2 Å². The van der Waals surface area contributed by atoms with Gasteiger partial charge in [0.2, 0.25) is 0 Å². The predicted molar refractivity (Wildman–Crippen MR) is 132 cm³/mol. The number of aromatic amines is 1. The molecule has 2 aliphatic carbocycles. The van der Waals surface area contributed by atoms with Gasteiger partial charge in [-0.15, -0.1) is 0 Å². The lowest BCUT2D eigenvalue weighted by atomic mass is 9.97. The van der Waals surface area contributed by atoms with Crippen molar-refractivity contribution in [2.24, 2.45) is 0 Å². The van der Waals surface area contributed by atoms with Crippen LogP contribution in [0.5, 0.6) is 5.75 Å². The van der Waals surface area contributed by atoms with Gasteiger partial charge in [-0.2, -0.15) is 5.10 Å². The topological polar surface area (TPSA) is 60.0 Å². The van der Waals surface area contributed by atoms with E-state index in [1.807, 2.05) is 32.2 Å². The van der Waals surface area contributed by atoms with Crippen LogP contribution in [0.2, 0.25) is 0 Å². The molecule has 2 aromatic heterocycles. The van der Waals surface area contributed by atoms with E-state index in [2.05, 4.69) is 64.6 Å². The summed E-state index contributed by atoms with van der Waals surface area (Å²) in [5, 5.41) is 7.44. The van der Waals surface area contributed by atoms with Crippen molar-refractivity contribution in [3.63, 3.8) is 0 Å². The molecule has 0 saturated carbocycles. The Hall–Kier alpha value is -3.18. The summed E-state index contributed by atoms with van der Waals surface area (Å²) in [6, 6.07) is 2.05. The van der Waals surface area contributed by atoms with E-state index < -0.39 is 0 Å². The molecule has 0 aromatic carbocycles. The van der Waals surface area contributed by atoms with Gasteiger partial charge in [0.05, 0.1) is 25.1 Å². The monoisotopic (exact) mass is 431 g/mol. The highest BCUT2D eigenvalue weighted by Crippen LogP contribution is 2.28. The average Bonchev–Trinajstić information content (AvgIpc) is 2.97. The third kappa shape index (κ3) is 6.92. The number of aryl methyl sites for hydroxylation is 1. The number of pyridine rings is 1. The Morgan fingerprint density at radius 1 is 0.969 bits per heavy atom. The maximum Gasteiger partial charge on any atom is 0.138 e. The van der Waals surface area contributed by atoms with Gasteiger partial charge in [-0.05, 0) is 62.5 Å². The second-order valence-corrected chi connectivity index (χ2v) is 7.58. The van der Waals surface area contributed by atoms with Gasteiger partial charge in [0.15, 0.2) is 0 Å². The van der Waals surface area contributed by atoms with Crippen LogP contribution in [0.3, 0.4) is 0 Å². The van der Waals surface area contributed by atoms with Crippen LogP contribution in [0.25, 0.3) is 11.6 Å². The van der Waals surface area contributed by atoms with Crippen LogP contribution >= 0.6 is 0 Å². The summed E-state index contributed by atoms with van der Waals surface area (Å²) in [7, 11) is 0. The van der Waals surface area contributed by atoms with Gasteiger partial charge in [-0.1, -0.05) is 42.5 Å². The number of ether oxygens (including phenoxy) is 2. The molecule has 2 aromatic rings. The van der Waals surface area contributed by atoms with Crippen molar-refractivity contribution in [1.29, 1.82) is 0 Å². The molecule has 2 aliphatic rings. The molecule has 168 valence electrons. The Bertz CT molecular complexity index is 1030. The SMILES string of the molecule is CCOCC1=CC=CC=CC1.CCOc1cncc(/C2=C/c3c(n[nH]c3C)CC=CC2)c1. The van der Waals surface area contributed by atoms with Crippen LogP contribution in [0.1, 0.15) is 49.2 Å². The Kier molecular flexibility index (Phi) is 9.26. The van der Waals surface area contributed by atoms with Gasteiger partial charge in [0.1, 0.15) is 5.75 Å². The van der Waals surface area contributed by atoms with Crippen LogP contribution in [0.4, 0.5) is 0 Å². The van der Waals surface area contributed by atoms with E-state index in [9.17, 15) is 0 Å². The van der Waals surface area contributed by atoms with E-state index in [1.54, 1.807) is 6.20 Å². The van der Waals surface area contributed by atoms with Crippen LogP contribution < -0.4 is 4.74 Å². The van der Waals surface area contributed by atoms with Crippen LogP contribution in [-0.2, 0) is 11.2 Å². The lowest BCUT2D eigenvalue weighted by Crippen LogP contribution is -1.96. The summed E-state index contributed by atoms with van der Waals surface area (Å²) in [6.45, 7) is 8.26. The molecule has 0 saturated heterocycles. The zero-order chi connectivity index (χ0) is 22.6.